The number of nitrogens with two attached hydrogens (primary N) is 1. The van der Waals surface area contributed by atoms with Gasteiger partial charge in [-0.2, -0.15) is 23.2 Å². The minimum Gasteiger partial charge on any atom is -0.478 e. The molecule has 1 aromatic heterocycles. The second-order valence-corrected chi connectivity index (χ2v) is 8.81. The Morgan fingerprint density at radius 1 is 1.32 bits per heavy atom. The predicted molar refractivity (Wildman–Crippen MR) is 122 cm³/mol. The first kappa shape index (κ1) is 29.1. The molecule has 0 bridgehead atoms. The zero-order valence-electron chi connectivity index (χ0n) is 19.3. The van der Waals surface area contributed by atoms with Crippen LogP contribution in [0.25, 0.3) is 0 Å². The van der Waals surface area contributed by atoms with E-state index in [4.69, 9.17) is 20.4 Å². The predicted octanol–water partition coefficient (Wildman–Crippen LogP) is -0.433. The van der Waals surface area contributed by atoms with Crippen molar-refractivity contribution in [1.29, 1.82) is 0 Å². The molecule has 15 nitrogen and oxygen atoms in total. The number of aromatic nitrogens is 2. The van der Waals surface area contributed by atoms with Gasteiger partial charge in [0, 0.05) is 31.4 Å². The van der Waals surface area contributed by atoms with Crippen LogP contribution < -0.4 is 15.8 Å². The van der Waals surface area contributed by atoms with Crippen LogP contribution in [-0.4, -0.2) is 103 Å². The number of carboxylic acid groups (broad SMARTS) is 1. The van der Waals surface area contributed by atoms with Gasteiger partial charge in [0.2, 0.25) is 5.96 Å². The van der Waals surface area contributed by atoms with Crippen LogP contribution in [0.1, 0.15) is 6.42 Å². The van der Waals surface area contributed by atoms with E-state index in [2.05, 4.69) is 24.7 Å². The van der Waals surface area contributed by atoms with Crippen LogP contribution >= 0.6 is 0 Å². The van der Waals surface area contributed by atoms with E-state index in [-0.39, 0.29) is 44.0 Å². The Kier molecular flexibility index (Phi) is 9.98. The van der Waals surface area contributed by atoms with Gasteiger partial charge in [-0.1, -0.05) is 0 Å². The lowest BCUT2D eigenvalue weighted by Gasteiger charge is -2.21. The monoisotopic (exact) mass is 552 g/mol. The number of rotatable bonds is 11. The van der Waals surface area contributed by atoms with Crippen molar-refractivity contribution in [2.24, 2.45) is 15.1 Å². The second kappa shape index (κ2) is 12.7. The van der Waals surface area contributed by atoms with Gasteiger partial charge in [0.25, 0.3) is 10.0 Å². The van der Waals surface area contributed by atoms with Crippen LogP contribution in [0.3, 0.4) is 0 Å². The molecule has 0 spiro atoms. The molecule has 1 aromatic rings. The number of sulfonamides is 1. The topological polar surface area (TPSA) is 202 Å². The molecule has 0 saturated carbocycles. The van der Waals surface area contributed by atoms with Crippen LogP contribution in [0.15, 0.2) is 33.8 Å². The number of aliphatic carboxylic acids is 1. The van der Waals surface area contributed by atoms with E-state index in [1.54, 1.807) is 0 Å². The first-order valence-electron chi connectivity index (χ1n) is 10.3. The molecule has 0 aromatic carbocycles. The molecule has 0 atom stereocenters. The van der Waals surface area contributed by atoms with Crippen molar-refractivity contribution in [3.63, 3.8) is 0 Å². The summed E-state index contributed by atoms with van der Waals surface area (Å²) in [6.45, 7) is -0.906. The summed E-state index contributed by atoms with van der Waals surface area (Å²) in [6, 6.07) is 1.23. The van der Waals surface area contributed by atoms with E-state index in [9.17, 15) is 31.2 Å². The van der Waals surface area contributed by atoms with E-state index in [1.165, 1.54) is 17.2 Å². The summed E-state index contributed by atoms with van der Waals surface area (Å²) >= 11 is 0. The molecule has 4 N–H and O–H groups in total. The molecule has 2 heterocycles. The summed E-state index contributed by atoms with van der Waals surface area (Å²) in [4.78, 5) is 39.8. The van der Waals surface area contributed by atoms with Crippen LogP contribution in [0.4, 0.5) is 19.0 Å². The fourth-order valence-electron chi connectivity index (χ4n) is 2.64. The highest BCUT2D eigenvalue weighted by Gasteiger charge is 2.31. The molecule has 1 aliphatic heterocycles. The quantitative estimate of drug-likeness (QED) is 0.138. The Labute approximate surface area is 208 Å². The van der Waals surface area contributed by atoms with Crippen molar-refractivity contribution >= 4 is 39.7 Å². The Bertz CT molecular complexity index is 1170. The number of aliphatic imine (C=N–C) groups is 1. The van der Waals surface area contributed by atoms with Gasteiger partial charge in [-0.3, -0.25) is 0 Å². The lowest BCUT2D eigenvalue weighted by molar-refractivity contribution is -0.164. The zero-order valence-corrected chi connectivity index (χ0v) is 20.1. The fourth-order valence-corrected chi connectivity index (χ4v) is 3.15. The van der Waals surface area contributed by atoms with Crippen molar-refractivity contribution < 1.29 is 45.9 Å². The number of carbonyl (C=O) groups excluding carboxylic acids is 1. The highest BCUT2D eigenvalue weighted by molar-refractivity contribution is 7.89. The van der Waals surface area contributed by atoms with Crippen molar-refractivity contribution in [2.45, 2.75) is 12.6 Å². The van der Waals surface area contributed by atoms with Crippen molar-refractivity contribution in [1.82, 2.24) is 19.9 Å². The van der Waals surface area contributed by atoms with Gasteiger partial charge < -0.3 is 30.6 Å². The summed E-state index contributed by atoms with van der Waals surface area (Å²) in [6.07, 6.45) is -0.844. The summed E-state index contributed by atoms with van der Waals surface area (Å²) in [7, 11) is -3.87. The number of nitrogens with zero attached hydrogens (tertiary/aromatic N) is 6. The van der Waals surface area contributed by atoms with E-state index in [0.717, 1.165) is 11.3 Å². The van der Waals surface area contributed by atoms with E-state index in [0.29, 0.717) is 18.6 Å². The number of anilines is 1. The van der Waals surface area contributed by atoms with Gasteiger partial charge in [-0.05, 0) is 12.5 Å². The lowest BCUT2D eigenvalue weighted by Crippen LogP contribution is -2.36. The first-order valence-corrected chi connectivity index (χ1v) is 12.1. The van der Waals surface area contributed by atoms with Crippen LogP contribution in [0, 0.1) is 0 Å². The third kappa shape index (κ3) is 11.4. The van der Waals surface area contributed by atoms with Gasteiger partial charge in [-0.25, -0.2) is 28.0 Å². The molecule has 37 heavy (non-hydrogen) atoms. The Balaban J connectivity index is 1.93. The van der Waals surface area contributed by atoms with Gasteiger partial charge in [0.05, 0.1) is 19.4 Å². The molecule has 0 aliphatic carbocycles. The average molecular weight is 552 g/mol. The molecular formula is C18H23F3N8O7S. The molecule has 1 saturated heterocycles. The number of hydrogen-bond donors (Lipinski definition) is 3. The molecule has 1 aliphatic rings. The maximum Gasteiger partial charge on any atom is 0.408 e. The number of carbonyl (C=O) groups is 2. The molecular weight excluding hydrogens is 529 g/mol. The van der Waals surface area contributed by atoms with Crippen LogP contribution in [0.2, 0.25) is 0 Å². The summed E-state index contributed by atoms with van der Waals surface area (Å²) in [5, 5.41) is 11.9. The normalized spacial score (nSPS) is 15.9. The molecule has 19 heteroatoms. The van der Waals surface area contributed by atoms with Gasteiger partial charge in [0.15, 0.2) is 5.96 Å². The highest BCUT2D eigenvalue weighted by Crippen LogP contribution is 2.15. The van der Waals surface area contributed by atoms with E-state index >= 15 is 0 Å². The molecule has 2 rings (SSSR count). The highest BCUT2D eigenvalue weighted by atomic mass is 32.2. The third-order valence-electron chi connectivity index (χ3n) is 4.01. The Hall–Kier alpha value is -4.16. The van der Waals surface area contributed by atoms with Gasteiger partial charge in [-0.15, -0.1) is 4.40 Å². The minimum atomic E-state index is -4.51. The summed E-state index contributed by atoms with van der Waals surface area (Å²) in [5.41, 5.74) is 5.40. The lowest BCUT2D eigenvalue weighted by atomic mass is 10.4. The van der Waals surface area contributed by atoms with Crippen molar-refractivity contribution in [2.75, 3.05) is 44.4 Å². The van der Waals surface area contributed by atoms with Crippen LogP contribution in [0.5, 0.6) is 6.01 Å². The zero-order chi connectivity index (χ0) is 27.6. The summed E-state index contributed by atoms with van der Waals surface area (Å²) < 4.78 is 69.1. The average Bonchev–Trinajstić information content (AvgIpc) is 3.13. The number of guanidine groups is 2. The van der Waals surface area contributed by atoms with Crippen LogP contribution in [-0.2, 0) is 24.4 Å². The van der Waals surface area contributed by atoms with Gasteiger partial charge in [0.1, 0.15) is 12.4 Å². The number of hydrogen-bond acceptors (Lipinski definition) is 9. The smallest absolute Gasteiger partial charge is 0.408 e. The molecule has 1 fully saturated rings. The molecule has 204 valence electrons. The first-order chi connectivity index (χ1) is 17.2. The van der Waals surface area contributed by atoms with Crippen molar-refractivity contribution in [3.05, 3.63) is 24.4 Å². The Morgan fingerprint density at radius 2 is 2.05 bits per heavy atom. The fraction of sp³-hybridized carbons (Fsp3) is 0.444. The minimum absolute atomic E-state index is 0.0462. The third-order valence-corrected chi connectivity index (χ3v) is 4.51. The Morgan fingerprint density at radius 3 is 2.70 bits per heavy atom. The second-order valence-electron chi connectivity index (χ2n) is 7.16. The number of ether oxygens (including phenoxy) is 1. The van der Waals surface area contributed by atoms with E-state index in [1.807, 2.05) is 0 Å². The van der Waals surface area contributed by atoms with Gasteiger partial charge >= 0.3 is 24.1 Å². The maximum atomic E-state index is 12.2. The standard InChI is InChI=1S/C18H23F3N8O7S/c1-37(33,34)27-17-28(8-9-29(17)36-14(32)4-3-13(30)31)7-2-10-35-16-23-6-5-12(26-16)25-15(22)24-11-18(19,20)21/h3-6H,2,7-11H2,1H3,(H,30,31)(H3,22,23,24,25,26)/b4-3-,27-17?. The maximum absolute atomic E-state index is 12.2. The van der Waals surface area contributed by atoms with Crippen molar-refractivity contribution in [3.8, 4) is 6.01 Å². The van der Waals surface area contributed by atoms with E-state index < -0.39 is 40.6 Å². The molecule has 0 radical (unpaired) electrons. The largest absolute Gasteiger partial charge is 0.478 e. The molecule has 0 amide bonds. The SMILES string of the molecule is CS(=O)(=O)N=C1N(CCCOc2nccc(NC(N)=NCC(F)(F)F)n2)CCN1OC(=O)/C=C\C(=O)O. The number of hydroxylamine groups is 2. The number of halogens is 3. The number of alkyl halides is 3. The molecule has 0 unspecified atom stereocenters. The number of carboxylic acids is 1. The summed E-state index contributed by atoms with van der Waals surface area (Å²) in [5.74, 6) is -3.03. The number of nitrogens with one attached hydrogen (secondary N) is 1.